The minimum atomic E-state index is -0.544. The zero-order valence-electron chi connectivity index (χ0n) is 11.7. The summed E-state index contributed by atoms with van der Waals surface area (Å²) in [5, 5.41) is 15.5. The van der Waals surface area contributed by atoms with Crippen LogP contribution in [0.3, 0.4) is 0 Å². The number of aromatic nitrogens is 2. The molecule has 1 amide bonds. The van der Waals surface area contributed by atoms with E-state index in [1.807, 2.05) is 43.3 Å². The lowest BCUT2D eigenvalue weighted by molar-refractivity contribution is 0.155. The van der Waals surface area contributed by atoms with Gasteiger partial charge in [-0.15, -0.1) is 0 Å². The molecule has 6 nitrogen and oxygen atoms in total. The van der Waals surface area contributed by atoms with E-state index >= 15 is 0 Å². The Balaban J connectivity index is 1.92. The summed E-state index contributed by atoms with van der Waals surface area (Å²) in [6.45, 7) is 2.46. The Hall–Kier alpha value is -2.81. The van der Waals surface area contributed by atoms with Crippen LogP contribution in [-0.4, -0.2) is 15.9 Å². The van der Waals surface area contributed by atoms with Gasteiger partial charge in [-0.05, 0) is 12.5 Å². The highest BCUT2D eigenvalue weighted by Crippen LogP contribution is 2.11. The van der Waals surface area contributed by atoms with Crippen LogP contribution in [0.2, 0.25) is 0 Å². The Morgan fingerprint density at radius 3 is 2.90 bits per heavy atom. The fraction of sp³-hybridized carbons (Fsp3) is 0.267. The first kappa shape index (κ1) is 14.6. The molecule has 0 aliphatic rings. The van der Waals surface area contributed by atoms with E-state index < -0.39 is 6.09 Å². The van der Waals surface area contributed by atoms with Gasteiger partial charge in [0.1, 0.15) is 12.4 Å². The van der Waals surface area contributed by atoms with Gasteiger partial charge in [0.25, 0.3) is 0 Å². The molecular weight excluding hydrogens is 268 g/mol. The van der Waals surface area contributed by atoms with Gasteiger partial charge in [0.05, 0.1) is 24.7 Å². The SMILES string of the molecule is Cc1cc(NC(=O)OCc2ccccc2)n(CCC#N)n1. The van der Waals surface area contributed by atoms with Gasteiger partial charge in [0.2, 0.25) is 0 Å². The maximum Gasteiger partial charge on any atom is 0.413 e. The number of aryl methyl sites for hydroxylation is 2. The van der Waals surface area contributed by atoms with Gasteiger partial charge in [-0.2, -0.15) is 10.4 Å². The van der Waals surface area contributed by atoms with Gasteiger partial charge in [-0.3, -0.25) is 5.32 Å². The quantitative estimate of drug-likeness (QED) is 0.915. The van der Waals surface area contributed by atoms with E-state index in [4.69, 9.17) is 10.00 Å². The monoisotopic (exact) mass is 284 g/mol. The second kappa shape index (κ2) is 7.10. The van der Waals surface area contributed by atoms with E-state index in [-0.39, 0.29) is 6.61 Å². The van der Waals surface area contributed by atoms with Gasteiger partial charge in [0, 0.05) is 6.07 Å². The number of carbonyl (C=O) groups excluding carboxylic acids is 1. The van der Waals surface area contributed by atoms with Crippen LogP contribution in [0.5, 0.6) is 0 Å². The Labute approximate surface area is 123 Å². The molecular formula is C15H16N4O2. The Morgan fingerprint density at radius 1 is 1.43 bits per heavy atom. The highest BCUT2D eigenvalue weighted by molar-refractivity contribution is 5.83. The highest BCUT2D eigenvalue weighted by atomic mass is 16.5. The van der Waals surface area contributed by atoms with Crippen molar-refractivity contribution in [3.8, 4) is 6.07 Å². The van der Waals surface area contributed by atoms with Crippen LogP contribution in [-0.2, 0) is 17.9 Å². The van der Waals surface area contributed by atoms with Crippen molar-refractivity contribution in [3.63, 3.8) is 0 Å². The van der Waals surface area contributed by atoms with Crippen LogP contribution >= 0.6 is 0 Å². The lowest BCUT2D eigenvalue weighted by Gasteiger charge is -2.08. The summed E-state index contributed by atoms with van der Waals surface area (Å²) in [5.74, 6) is 0.529. The molecule has 1 heterocycles. The zero-order valence-corrected chi connectivity index (χ0v) is 11.7. The third kappa shape index (κ3) is 4.35. The summed E-state index contributed by atoms with van der Waals surface area (Å²) in [5.41, 5.74) is 1.69. The van der Waals surface area contributed by atoms with Crippen LogP contribution in [0.25, 0.3) is 0 Å². The number of anilines is 1. The van der Waals surface area contributed by atoms with Gasteiger partial charge in [-0.25, -0.2) is 9.48 Å². The van der Waals surface area contributed by atoms with Gasteiger partial charge >= 0.3 is 6.09 Å². The van der Waals surface area contributed by atoms with Crippen molar-refractivity contribution in [2.45, 2.75) is 26.5 Å². The number of amides is 1. The van der Waals surface area contributed by atoms with Crippen molar-refractivity contribution in [1.82, 2.24) is 9.78 Å². The standard InChI is InChI=1S/C15H16N4O2/c1-12-10-14(19(18-12)9-5-8-16)17-15(20)21-11-13-6-3-2-4-7-13/h2-4,6-7,10H,5,9,11H2,1H3,(H,17,20). The van der Waals surface area contributed by atoms with Crippen LogP contribution in [0.15, 0.2) is 36.4 Å². The first-order valence-electron chi connectivity index (χ1n) is 6.58. The molecule has 6 heteroatoms. The predicted octanol–water partition coefficient (Wildman–Crippen LogP) is 2.85. The van der Waals surface area contributed by atoms with Crippen molar-refractivity contribution < 1.29 is 9.53 Å². The van der Waals surface area contributed by atoms with Gasteiger partial charge in [0.15, 0.2) is 0 Å². The van der Waals surface area contributed by atoms with Crippen molar-refractivity contribution in [2.24, 2.45) is 0 Å². The summed E-state index contributed by atoms with van der Waals surface area (Å²) in [7, 11) is 0. The number of nitriles is 1. The normalized spacial score (nSPS) is 9.90. The Kier molecular flexibility index (Phi) is 4.94. The minimum absolute atomic E-state index is 0.206. The molecule has 0 unspecified atom stereocenters. The molecule has 108 valence electrons. The van der Waals surface area contributed by atoms with Crippen molar-refractivity contribution in [2.75, 3.05) is 5.32 Å². The Bertz CT molecular complexity index is 643. The Morgan fingerprint density at radius 2 is 2.19 bits per heavy atom. The average molecular weight is 284 g/mol. The van der Waals surface area contributed by atoms with E-state index in [0.717, 1.165) is 11.3 Å². The van der Waals surface area contributed by atoms with Crippen molar-refractivity contribution >= 4 is 11.9 Å². The molecule has 1 aromatic heterocycles. The number of hydrogen-bond acceptors (Lipinski definition) is 4. The molecule has 0 atom stereocenters. The van der Waals surface area contributed by atoms with Crippen LogP contribution in [0, 0.1) is 18.3 Å². The first-order valence-corrected chi connectivity index (χ1v) is 6.58. The van der Waals surface area contributed by atoms with E-state index in [2.05, 4.69) is 10.4 Å². The lowest BCUT2D eigenvalue weighted by atomic mass is 10.2. The van der Waals surface area contributed by atoms with E-state index in [9.17, 15) is 4.79 Å². The van der Waals surface area contributed by atoms with Crippen LogP contribution in [0.1, 0.15) is 17.7 Å². The topological polar surface area (TPSA) is 79.9 Å². The second-order valence-corrected chi connectivity index (χ2v) is 4.49. The maximum atomic E-state index is 11.8. The summed E-state index contributed by atoms with van der Waals surface area (Å²) in [6, 6.07) is 13.2. The lowest BCUT2D eigenvalue weighted by Crippen LogP contribution is -2.17. The molecule has 0 spiro atoms. The molecule has 0 saturated heterocycles. The molecule has 0 radical (unpaired) electrons. The molecule has 0 bridgehead atoms. The summed E-state index contributed by atoms with van der Waals surface area (Å²) in [6.07, 6.45) is -0.216. The van der Waals surface area contributed by atoms with Gasteiger partial charge in [-0.1, -0.05) is 30.3 Å². The molecule has 2 aromatic rings. The smallest absolute Gasteiger partial charge is 0.413 e. The first-order chi connectivity index (χ1) is 10.2. The molecule has 2 rings (SSSR count). The summed E-state index contributed by atoms with van der Waals surface area (Å²) >= 11 is 0. The molecule has 0 aliphatic carbocycles. The van der Waals surface area contributed by atoms with Gasteiger partial charge < -0.3 is 4.74 Å². The number of benzene rings is 1. The number of ether oxygens (including phenoxy) is 1. The summed E-state index contributed by atoms with van der Waals surface area (Å²) < 4.78 is 6.73. The number of rotatable bonds is 5. The number of nitrogens with one attached hydrogen (secondary N) is 1. The molecule has 0 fully saturated rings. The fourth-order valence-electron chi connectivity index (χ4n) is 1.84. The zero-order chi connectivity index (χ0) is 15.1. The number of hydrogen-bond donors (Lipinski definition) is 1. The summed E-state index contributed by atoms with van der Waals surface area (Å²) in [4.78, 5) is 11.8. The van der Waals surface area contributed by atoms with Crippen molar-refractivity contribution in [3.05, 3.63) is 47.7 Å². The number of nitrogens with zero attached hydrogens (tertiary/aromatic N) is 3. The molecule has 1 aromatic carbocycles. The molecule has 0 aliphatic heterocycles. The van der Waals surface area contributed by atoms with E-state index in [0.29, 0.717) is 18.8 Å². The van der Waals surface area contributed by atoms with Crippen LogP contribution in [0.4, 0.5) is 10.6 Å². The third-order valence-corrected chi connectivity index (χ3v) is 2.78. The van der Waals surface area contributed by atoms with E-state index in [1.165, 1.54) is 0 Å². The van der Waals surface area contributed by atoms with E-state index in [1.54, 1.807) is 10.7 Å². The molecule has 21 heavy (non-hydrogen) atoms. The van der Waals surface area contributed by atoms with Crippen LogP contribution < -0.4 is 5.32 Å². The minimum Gasteiger partial charge on any atom is -0.444 e. The largest absolute Gasteiger partial charge is 0.444 e. The number of carbonyl (C=O) groups is 1. The fourth-order valence-corrected chi connectivity index (χ4v) is 1.84. The van der Waals surface area contributed by atoms with Crippen molar-refractivity contribution in [1.29, 1.82) is 5.26 Å². The second-order valence-electron chi connectivity index (χ2n) is 4.49. The molecule has 0 saturated carbocycles. The third-order valence-electron chi connectivity index (χ3n) is 2.78. The maximum absolute atomic E-state index is 11.8. The predicted molar refractivity (Wildman–Crippen MR) is 77.4 cm³/mol. The highest BCUT2D eigenvalue weighted by Gasteiger charge is 2.10. The molecule has 1 N–H and O–H groups in total. The average Bonchev–Trinajstić information content (AvgIpc) is 2.83.